The van der Waals surface area contributed by atoms with Gasteiger partial charge < -0.3 is 9.84 Å². The molecule has 2 aromatic rings. The van der Waals surface area contributed by atoms with Gasteiger partial charge in [0.2, 0.25) is 0 Å². The number of hydrogen-bond acceptors (Lipinski definition) is 3. The fraction of sp³-hybridized carbons (Fsp3) is 0.188. The summed E-state index contributed by atoms with van der Waals surface area (Å²) in [6.45, 7) is 1.81. The summed E-state index contributed by atoms with van der Waals surface area (Å²) in [5, 5.41) is 9.17. The van der Waals surface area contributed by atoms with Gasteiger partial charge >= 0.3 is 0 Å². The highest BCUT2D eigenvalue weighted by Crippen LogP contribution is 2.18. The van der Waals surface area contributed by atoms with E-state index >= 15 is 0 Å². The van der Waals surface area contributed by atoms with E-state index in [4.69, 9.17) is 4.74 Å². The number of aryl methyl sites for hydroxylation is 1. The minimum absolute atomic E-state index is 0.0273. The molecule has 1 N–H and O–H groups in total. The number of ketones is 1. The van der Waals surface area contributed by atoms with Gasteiger partial charge in [-0.25, -0.2) is 0 Å². The standard InChI is InChI=1S/C16H16O3/c1-12-5-4-7-13(9-12)15(18)11-19-16-8-3-2-6-14(16)10-17/h2-9,17H,10-11H2,1H3. The Kier molecular flexibility index (Phi) is 4.31. The summed E-state index contributed by atoms with van der Waals surface area (Å²) in [4.78, 5) is 12.0. The van der Waals surface area contributed by atoms with Gasteiger partial charge in [-0.3, -0.25) is 4.79 Å². The molecule has 98 valence electrons. The van der Waals surface area contributed by atoms with Gasteiger partial charge in [-0.05, 0) is 19.1 Å². The molecule has 0 aliphatic carbocycles. The number of hydrogen-bond donors (Lipinski definition) is 1. The van der Waals surface area contributed by atoms with Crippen molar-refractivity contribution in [3.63, 3.8) is 0 Å². The Morgan fingerprint density at radius 3 is 2.68 bits per heavy atom. The summed E-state index contributed by atoms with van der Waals surface area (Å²) in [5.74, 6) is 0.474. The maximum Gasteiger partial charge on any atom is 0.200 e. The quantitative estimate of drug-likeness (QED) is 0.837. The Balaban J connectivity index is 2.04. The third kappa shape index (κ3) is 3.42. The number of Topliss-reactive ketones (excluding diaryl/α,β-unsaturated/α-hetero) is 1. The van der Waals surface area contributed by atoms with E-state index in [2.05, 4.69) is 0 Å². The van der Waals surface area contributed by atoms with Crippen molar-refractivity contribution >= 4 is 5.78 Å². The van der Waals surface area contributed by atoms with E-state index in [0.29, 0.717) is 16.9 Å². The van der Waals surface area contributed by atoms with Crippen LogP contribution in [0.4, 0.5) is 0 Å². The summed E-state index contributed by atoms with van der Waals surface area (Å²) in [5.41, 5.74) is 2.36. The number of carbonyl (C=O) groups excluding carboxylic acids is 1. The second-order valence-electron chi connectivity index (χ2n) is 4.35. The molecule has 3 nitrogen and oxygen atoms in total. The van der Waals surface area contributed by atoms with Gasteiger partial charge in [-0.1, -0.05) is 42.0 Å². The van der Waals surface area contributed by atoms with Crippen LogP contribution in [0.1, 0.15) is 21.5 Å². The lowest BCUT2D eigenvalue weighted by molar-refractivity contribution is 0.0919. The third-order valence-electron chi connectivity index (χ3n) is 2.84. The van der Waals surface area contributed by atoms with Crippen LogP contribution in [-0.4, -0.2) is 17.5 Å². The molecule has 0 aliphatic heterocycles. The van der Waals surface area contributed by atoms with E-state index in [1.165, 1.54) is 0 Å². The van der Waals surface area contributed by atoms with Crippen LogP contribution in [0.3, 0.4) is 0 Å². The maximum atomic E-state index is 12.0. The largest absolute Gasteiger partial charge is 0.485 e. The number of para-hydroxylation sites is 1. The Bertz CT molecular complexity index is 576. The zero-order chi connectivity index (χ0) is 13.7. The van der Waals surface area contributed by atoms with Crippen LogP contribution in [0.15, 0.2) is 48.5 Å². The predicted octanol–water partition coefficient (Wildman–Crippen LogP) is 2.75. The van der Waals surface area contributed by atoms with E-state index in [9.17, 15) is 9.90 Å². The maximum absolute atomic E-state index is 12.0. The number of aliphatic hydroxyl groups is 1. The topological polar surface area (TPSA) is 46.5 Å². The minimum Gasteiger partial charge on any atom is -0.485 e. The molecular weight excluding hydrogens is 240 g/mol. The number of carbonyl (C=O) groups is 1. The lowest BCUT2D eigenvalue weighted by Crippen LogP contribution is -2.12. The molecule has 0 saturated carbocycles. The lowest BCUT2D eigenvalue weighted by atomic mass is 10.1. The van der Waals surface area contributed by atoms with Crippen LogP contribution in [0.5, 0.6) is 5.75 Å². The van der Waals surface area contributed by atoms with Gasteiger partial charge in [0.05, 0.1) is 6.61 Å². The van der Waals surface area contributed by atoms with E-state index in [-0.39, 0.29) is 19.0 Å². The fourth-order valence-electron chi connectivity index (χ4n) is 1.82. The van der Waals surface area contributed by atoms with Crippen LogP contribution in [0.25, 0.3) is 0 Å². The molecule has 0 atom stereocenters. The fourth-order valence-corrected chi connectivity index (χ4v) is 1.82. The first kappa shape index (κ1) is 13.3. The molecule has 0 unspecified atom stereocenters. The average molecular weight is 256 g/mol. The van der Waals surface area contributed by atoms with Crippen molar-refractivity contribution in [2.24, 2.45) is 0 Å². The SMILES string of the molecule is Cc1cccc(C(=O)COc2ccccc2CO)c1. The highest BCUT2D eigenvalue weighted by Gasteiger charge is 2.08. The van der Waals surface area contributed by atoms with Crippen molar-refractivity contribution in [3.05, 3.63) is 65.2 Å². The molecule has 0 fully saturated rings. The second kappa shape index (κ2) is 6.16. The molecule has 3 heteroatoms. The predicted molar refractivity (Wildman–Crippen MR) is 73.4 cm³/mol. The van der Waals surface area contributed by atoms with Crippen molar-refractivity contribution in [1.82, 2.24) is 0 Å². The van der Waals surface area contributed by atoms with Crippen molar-refractivity contribution in [2.45, 2.75) is 13.5 Å². The highest BCUT2D eigenvalue weighted by atomic mass is 16.5. The minimum atomic E-state index is -0.102. The van der Waals surface area contributed by atoms with Crippen molar-refractivity contribution in [1.29, 1.82) is 0 Å². The molecule has 19 heavy (non-hydrogen) atoms. The summed E-state index contributed by atoms with van der Waals surface area (Å²) in [6.07, 6.45) is 0. The normalized spacial score (nSPS) is 10.2. The van der Waals surface area contributed by atoms with Crippen LogP contribution >= 0.6 is 0 Å². The molecule has 0 saturated heterocycles. The first-order chi connectivity index (χ1) is 9.20. The Hall–Kier alpha value is -2.13. The first-order valence-electron chi connectivity index (χ1n) is 6.12. The van der Waals surface area contributed by atoms with Crippen LogP contribution in [0.2, 0.25) is 0 Å². The average Bonchev–Trinajstić information content (AvgIpc) is 2.45. The van der Waals surface area contributed by atoms with Crippen molar-refractivity contribution < 1.29 is 14.6 Å². The number of ether oxygens (including phenoxy) is 1. The molecule has 0 heterocycles. The Morgan fingerprint density at radius 1 is 1.16 bits per heavy atom. The van der Waals surface area contributed by atoms with E-state index in [1.54, 1.807) is 18.2 Å². The molecular formula is C16H16O3. The smallest absolute Gasteiger partial charge is 0.200 e. The monoisotopic (exact) mass is 256 g/mol. The molecule has 0 spiro atoms. The number of rotatable bonds is 5. The molecule has 0 aromatic heterocycles. The van der Waals surface area contributed by atoms with Gasteiger partial charge in [0.1, 0.15) is 5.75 Å². The molecule has 2 aromatic carbocycles. The first-order valence-corrected chi connectivity index (χ1v) is 6.12. The Morgan fingerprint density at radius 2 is 1.95 bits per heavy atom. The molecule has 2 rings (SSSR count). The zero-order valence-electron chi connectivity index (χ0n) is 10.8. The van der Waals surface area contributed by atoms with Gasteiger partial charge in [0.15, 0.2) is 12.4 Å². The van der Waals surface area contributed by atoms with Gasteiger partial charge in [0, 0.05) is 11.1 Å². The third-order valence-corrected chi connectivity index (χ3v) is 2.84. The van der Waals surface area contributed by atoms with Gasteiger partial charge in [-0.2, -0.15) is 0 Å². The zero-order valence-corrected chi connectivity index (χ0v) is 10.8. The van der Waals surface area contributed by atoms with E-state index in [1.807, 2.05) is 37.3 Å². The van der Waals surface area contributed by atoms with Crippen molar-refractivity contribution in [3.8, 4) is 5.75 Å². The second-order valence-corrected chi connectivity index (χ2v) is 4.35. The highest BCUT2D eigenvalue weighted by molar-refractivity contribution is 5.97. The van der Waals surface area contributed by atoms with Crippen LogP contribution in [-0.2, 0) is 6.61 Å². The van der Waals surface area contributed by atoms with Crippen LogP contribution in [0, 0.1) is 6.92 Å². The lowest BCUT2D eigenvalue weighted by Gasteiger charge is -2.09. The summed E-state index contributed by atoms with van der Waals surface area (Å²) >= 11 is 0. The van der Waals surface area contributed by atoms with E-state index in [0.717, 1.165) is 5.56 Å². The molecule has 0 amide bonds. The molecule has 0 bridgehead atoms. The summed E-state index contributed by atoms with van der Waals surface area (Å²) in [7, 11) is 0. The van der Waals surface area contributed by atoms with Crippen molar-refractivity contribution in [2.75, 3.05) is 6.61 Å². The summed E-state index contributed by atoms with van der Waals surface area (Å²) in [6, 6.07) is 14.6. The van der Waals surface area contributed by atoms with Gasteiger partial charge in [-0.15, -0.1) is 0 Å². The number of benzene rings is 2. The summed E-state index contributed by atoms with van der Waals surface area (Å²) < 4.78 is 5.47. The van der Waals surface area contributed by atoms with Crippen LogP contribution < -0.4 is 4.74 Å². The number of aliphatic hydroxyl groups excluding tert-OH is 1. The van der Waals surface area contributed by atoms with Gasteiger partial charge in [0.25, 0.3) is 0 Å². The Labute approximate surface area is 112 Å². The molecule has 0 aliphatic rings. The van der Waals surface area contributed by atoms with E-state index < -0.39 is 0 Å². The molecule has 0 radical (unpaired) electrons.